The van der Waals surface area contributed by atoms with Gasteiger partial charge in [0, 0.05) is 23.0 Å². The van der Waals surface area contributed by atoms with Crippen LogP contribution in [0.3, 0.4) is 0 Å². The molecule has 0 fully saturated rings. The standard InChI is InChI=1S/C24H20ClN3O/c25-23-12-10-22(11-13-23)24(16-28-15-14-26-18-28)27-29-17-19-6-8-21(9-7-19)20-4-2-1-3-5-20/h1-15,18H,16-17H2/b27-24+. The van der Waals surface area contributed by atoms with Gasteiger partial charge in [-0.3, -0.25) is 0 Å². The first-order valence-corrected chi connectivity index (χ1v) is 9.70. The van der Waals surface area contributed by atoms with Gasteiger partial charge in [-0.05, 0) is 28.8 Å². The third-order valence-corrected chi connectivity index (χ3v) is 4.79. The molecular weight excluding hydrogens is 382 g/mol. The number of rotatable bonds is 7. The van der Waals surface area contributed by atoms with Gasteiger partial charge >= 0.3 is 0 Å². The largest absolute Gasteiger partial charge is 0.391 e. The lowest BCUT2D eigenvalue weighted by Crippen LogP contribution is -2.11. The Balaban J connectivity index is 1.46. The van der Waals surface area contributed by atoms with E-state index in [9.17, 15) is 0 Å². The van der Waals surface area contributed by atoms with Crippen LogP contribution in [0.5, 0.6) is 0 Å². The molecule has 29 heavy (non-hydrogen) atoms. The fourth-order valence-corrected chi connectivity index (χ4v) is 3.10. The molecule has 0 saturated carbocycles. The summed E-state index contributed by atoms with van der Waals surface area (Å²) in [7, 11) is 0. The van der Waals surface area contributed by atoms with E-state index < -0.39 is 0 Å². The highest BCUT2D eigenvalue weighted by molar-refractivity contribution is 6.30. The van der Waals surface area contributed by atoms with Crippen LogP contribution in [0.15, 0.2) is 103 Å². The van der Waals surface area contributed by atoms with Crippen molar-refractivity contribution in [3.8, 4) is 11.1 Å². The Kier molecular flexibility index (Phi) is 6.03. The number of aromatic nitrogens is 2. The number of imidazole rings is 1. The van der Waals surface area contributed by atoms with Crippen LogP contribution >= 0.6 is 11.6 Å². The third kappa shape index (κ3) is 5.12. The minimum atomic E-state index is 0.399. The number of hydrogen-bond acceptors (Lipinski definition) is 3. The summed E-state index contributed by atoms with van der Waals surface area (Å²) in [6.45, 7) is 0.963. The molecule has 3 aromatic carbocycles. The topological polar surface area (TPSA) is 39.4 Å². The Bertz CT molecular complexity index is 1060. The second-order valence-corrected chi connectivity index (χ2v) is 7.05. The number of halogens is 1. The zero-order valence-corrected chi connectivity index (χ0v) is 16.5. The van der Waals surface area contributed by atoms with Gasteiger partial charge in [0.05, 0.1) is 12.9 Å². The fourth-order valence-electron chi connectivity index (χ4n) is 2.98. The van der Waals surface area contributed by atoms with Gasteiger partial charge in [0.15, 0.2) is 0 Å². The molecule has 0 radical (unpaired) electrons. The molecule has 144 valence electrons. The van der Waals surface area contributed by atoms with Crippen molar-refractivity contribution in [3.05, 3.63) is 114 Å². The normalized spacial score (nSPS) is 11.4. The molecule has 0 aliphatic heterocycles. The molecule has 0 saturated heterocycles. The summed E-state index contributed by atoms with van der Waals surface area (Å²) >= 11 is 6.01. The van der Waals surface area contributed by atoms with Gasteiger partial charge in [-0.25, -0.2) is 4.98 Å². The monoisotopic (exact) mass is 401 g/mol. The first-order valence-electron chi connectivity index (χ1n) is 9.33. The van der Waals surface area contributed by atoms with E-state index in [0.717, 1.165) is 16.8 Å². The zero-order chi connectivity index (χ0) is 19.9. The van der Waals surface area contributed by atoms with E-state index in [-0.39, 0.29) is 0 Å². The minimum absolute atomic E-state index is 0.399. The van der Waals surface area contributed by atoms with E-state index in [1.807, 2.05) is 53.2 Å². The van der Waals surface area contributed by atoms with Gasteiger partial charge in [0.2, 0.25) is 0 Å². The van der Waals surface area contributed by atoms with Crippen LogP contribution in [0.25, 0.3) is 11.1 Å². The quantitative estimate of drug-likeness (QED) is 0.289. The summed E-state index contributed by atoms with van der Waals surface area (Å²) in [6, 6.07) is 26.2. The van der Waals surface area contributed by atoms with Crippen LogP contribution in [0.4, 0.5) is 0 Å². The Morgan fingerprint density at radius 2 is 1.62 bits per heavy atom. The second-order valence-electron chi connectivity index (χ2n) is 6.62. The SMILES string of the molecule is Clc1ccc(/C(Cn2ccnc2)=N/OCc2ccc(-c3ccccc3)cc2)cc1. The second kappa shape index (κ2) is 9.22. The van der Waals surface area contributed by atoms with E-state index in [0.29, 0.717) is 18.2 Å². The highest BCUT2D eigenvalue weighted by Gasteiger charge is 2.07. The van der Waals surface area contributed by atoms with Crippen LogP contribution in [-0.2, 0) is 18.0 Å². The van der Waals surface area contributed by atoms with Gasteiger partial charge in [-0.2, -0.15) is 0 Å². The van der Waals surface area contributed by atoms with E-state index in [4.69, 9.17) is 16.4 Å². The van der Waals surface area contributed by atoms with Crippen LogP contribution in [-0.4, -0.2) is 15.3 Å². The molecular formula is C24H20ClN3O. The van der Waals surface area contributed by atoms with Crippen LogP contribution in [0, 0.1) is 0 Å². The average molecular weight is 402 g/mol. The van der Waals surface area contributed by atoms with Crippen LogP contribution in [0.2, 0.25) is 5.02 Å². The molecule has 4 nitrogen and oxygen atoms in total. The molecule has 5 heteroatoms. The number of nitrogens with zero attached hydrogens (tertiary/aromatic N) is 3. The summed E-state index contributed by atoms with van der Waals surface area (Å²) in [6.07, 6.45) is 5.40. The zero-order valence-electron chi connectivity index (χ0n) is 15.8. The van der Waals surface area contributed by atoms with Crippen LogP contribution < -0.4 is 0 Å². The maximum Gasteiger partial charge on any atom is 0.142 e. The molecule has 0 atom stereocenters. The maximum absolute atomic E-state index is 6.01. The first-order chi connectivity index (χ1) is 14.3. The van der Waals surface area contributed by atoms with Crippen molar-refractivity contribution in [1.29, 1.82) is 0 Å². The molecule has 0 N–H and O–H groups in total. The van der Waals surface area contributed by atoms with Crippen LogP contribution in [0.1, 0.15) is 11.1 Å². The summed E-state index contributed by atoms with van der Waals surface area (Å²) in [5, 5.41) is 5.09. The third-order valence-electron chi connectivity index (χ3n) is 4.54. The summed E-state index contributed by atoms with van der Waals surface area (Å²) in [4.78, 5) is 9.77. The highest BCUT2D eigenvalue weighted by atomic mass is 35.5. The Labute approximate surface area is 175 Å². The van der Waals surface area contributed by atoms with Crippen molar-refractivity contribution in [3.63, 3.8) is 0 Å². The minimum Gasteiger partial charge on any atom is -0.391 e. The lowest BCUT2D eigenvalue weighted by molar-refractivity contribution is 0.130. The van der Waals surface area contributed by atoms with Gasteiger partial charge in [0.1, 0.15) is 12.3 Å². The van der Waals surface area contributed by atoms with Gasteiger partial charge < -0.3 is 9.40 Å². The van der Waals surface area contributed by atoms with Crippen molar-refractivity contribution in [2.24, 2.45) is 5.16 Å². The Morgan fingerprint density at radius 3 is 2.31 bits per heavy atom. The summed E-state index contributed by atoms with van der Waals surface area (Å²) in [5.41, 5.74) is 5.21. The van der Waals surface area contributed by atoms with Crippen molar-refractivity contribution >= 4 is 17.3 Å². The molecule has 0 aliphatic rings. The Morgan fingerprint density at radius 1 is 0.897 bits per heavy atom. The lowest BCUT2D eigenvalue weighted by atomic mass is 10.0. The summed E-state index contributed by atoms with van der Waals surface area (Å²) in [5.74, 6) is 0. The maximum atomic E-state index is 6.01. The smallest absolute Gasteiger partial charge is 0.142 e. The molecule has 0 aliphatic carbocycles. The first kappa shape index (κ1) is 19.0. The van der Waals surface area contributed by atoms with Gasteiger partial charge in [-0.15, -0.1) is 0 Å². The van der Waals surface area contributed by atoms with Crippen molar-refractivity contribution < 1.29 is 4.84 Å². The fraction of sp³-hybridized carbons (Fsp3) is 0.0833. The Hall–Kier alpha value is -3.37. The number of benzene rings is 3. The van der Waals surface area contributed by atoms with Gasteiger partial charge in [0.25, 0.3) is 0 Å². The van der Waals surface area contributed by atoms with Crippen molar-refractivity contribution in [2.45, 2.75) is 13.2 Å². The van der Waals surface area contributed by atoms with E-state index in [1.165, 1.54) is 11.1 Å². The van der Waals surface area contributed by atoms with Gasteiger partial charge in [-0.1, -0.05) is 83.5 Å². The highest BCUT2D eigenvalue weighted by Crippen LogP contribution is 2.19. The van der Waals surface area contributed by atoms with Crippen molar-refractivity contribution in [1.82, 2.24) is 9.55 Å². The number of oxime groups is 1. The molecule has 1 aromatic heterocycles. The average Bonchev–Trinajstić information content (AvgIpc) is 3.28. The molecule has 0 amide bonds. The van der Waals surface area contributed by atoms with Crippen molar-refractivity contribution in [2.75, 3.05) is 0 Å². The van der Waals surface area contributed by atoms with E-state index in [1.54, 1.807) is 12.5 Å². The predicted octanol–water partition coefficient (Wildman–Crippen LogP) is 5.82. The molecule has 0 bridgehead atoms. The molecule has 4 aromatic rings. The molecule has 4 rings (SSSR count). The number of hydrogen-bond donors (Lipinski definition) is 0. The lowest BCUT2D eigenvalue weighted by Gasteiger charge is -2.09. The van der Waals surface area contributed by atoms with E-state index >= 15 is 0 Å². The molecule has 0 unspecified atom stereocenters. The van der Waals surface area contributed by atoms with E-state index in [2.05, 4.69) is 46.5 Å². The molecule has 0 spiro atoms. The molecule has 1 heterocycles. The predicted molar refractivity (Wildman–Crippen MR) is 117 cm³/mol. The summed E-state index contributed by atoms with van der Waals surface area (Å²) < 4.78 is 1.95.